The van der Waals surface area contributed by atoms with Crippen molar-refractivity contribution >= 4 is 17.8 Å². The number of likely N-dealkylation sites (N-methyl/N-ethyl adjacent to an activating group) is 1. The monoisotopic (exact) mass is 292 g/mol. The zero-order valence-corrected chi connectivity index (χ0v) is 11.4. The smallest absolute Gasteiger partial charge is 0.336 e. The molecule has 0 radical (unpaired) electrons. The summed E-state index contributed by atoms with van der Waals surface area (Å²) in [6, 6.07) is 8.44. The van der Waals surface area contributed by atoms with E-state index in [-0.39, 0.29) is 5.91 Å². The van der Waals surface area contributed by atoms with Gasteiger partial charge < -0.3 is 20.5 Å². The van der Waals surface area contributed by atoms with Gasteiger partial charge in [-0.05, 0) is 5.56 Å². The highest BCUT2D eigenvalue weighted by molar-refractivity contribution is 5.95. The van der Waals surface area contributed by atoms with Crippen molar-refractivity contribution in [1.29, 1.82) is 0 Å². The molecule has 3 N–H and O–H groups in total. The van der Waals surface area contributed by atoms with Gasteiger partial charge >= 0.3 is 5.97 Å². The van der Waals surface area contributed by atoms with Crippen molar-refractivity contribution in [1.82, 2.24) is 10.6 Å². The predicted octanol–water partition coefficient (Wildman–Crippen LogP) is -0.688. The molecule has 1 saturated heterocycles. The van der Waals surface area contributed by atoms with E-state index in [1.807, 2.05) is 30.3 Å². The normalized spacial score (nSPS) is 21.2. The van der Waals surface area contributed by atoms with Crippen LogP contribution in [0, 0.1) is 0 Å². The topological polar surface area (TPSA) is 108 Å². The lowest BCUT2D eigenvalue weighted by molar-refractivity contribution is -0.138. The van der Waals surface area contributed by atoms with Crippen molar-refractivity contribution in [3.63, 3.8) is 0 Å². The van der Waals surface area contributed by atoms with Crippen LogP contribution in [0.4, 0.5) is 0 Å². The van der Waals surface area contributed by atoms with E-state index in [1.54, 1.807) is 0 Å². The Hall–Kier alpha value is -2.41. The number of carboxylic acids is 1. The lowest BCUT2D eigenvalue weighted by Gasteiger charge is -2.16. The second-order valence-electron chi connectivity index (χ2n) is 4.68. The largest absolute Gasteiger partial charge is 0.479 e. The highest BCUT2D eigenvalue weighted by Crippen LogP contribution is 2.22. The first-order chi connectivity index (χ1) is 10.0. The summed E-state index contributed by atoms with van der Waals surface area (Å²) in [5.74, 6) is -2.12. The number of nitrogens with one attached hydrogen (secondary N) is 2. The summed E-state index contributed by atoms with van der Waals surface area (Å²) in [5, 5.41) is 13.7. The summed E-state index contributed by atoms with van der Waals surface area (Å²) in [5.41, 5.74) is 0.887. The first-order valence-corrected chi connectivity index (χ1v) is 6.47. The Morgan fingerprint density at radius 3 is 2.43 bits per heavy atom. The Morgan fingerprint density at radius 2 is 1.90 bits per heavy atom. The molecule has 1 fully saturated rings. The van der Waals surface area contributed by atoms with Gasteiger partial charge in [0.15, 0.2) is 12.2 Å². The first-order valence-electron chi connectivity index (χ1n) is 6.47. The molecule has 112 valence electrons. The van der Waals surface area contributed by atoms with Gasteiger partial charge in [-0.25, -0.2) is 4.79 Å². The number of carboxylic acid groups (broad SMARTS) is 1. The standard InChI is InChI=1S/C14H16N2O5/c1-15-12(17)9(7-8-5-3-2-4-6-8)16-13(18)10-11(21-10)14(19)20/h2-6,9-11H,7H2,1H3,(H,15,17)(H,16,18)(H,19,20)/t9-,10-,11-/m0/s1. The van der Waals surface area contributed by atoms with Crippen molar-refractivity contribution in [3.8, 4) is 0 Å². The minimum atomic E-state index is -1.19. The van der Waals surface area contributed by atoms with Crippen LogP contribution in [0.2, 0.25) is 0 Å². The number of carbonyl (C=O) groups is 3. The number of amides is 2. The fraction of sp³-hybridized carbons (Fsp3) is 0.357. The minimum Gasteiger partial charge on any atom is -0.479 e. The zero-order valence-electron chi connectivity index (χ0n) is 11.4. The fourth-order valence-corrected chi connectivity index (χ4v) is 1.99. The van der Waals surface area contributed by atoms with Gasteiger partial charge in [0.1, 0.15) is 6.04 Å². The van der Waals surface area contributed by atoms with Crippen molar-refractivity contribution in [2.45, 2.75) is 24.7 Å². The Labute approximate surface area is 121 Å². The molecule has 0 bridgehead atoms. The van der Waals surface area contributed by atoms with Gasteiger partial charge in [0.2, 0.25) is 5.91 Å². The Balaban J connectivity index is 1.99. The Kier molecular flexibility index (Phi) is 4.54. The first kappa shape index (κ1) is 15.0. The predicted molar refractivity (Wildman–Crippen MR) is 72.4 cm³/mol. The maximum Gasteiger partial charge on any atom is 0.336 e. The van der Waals surface area contributed by atoms with Crippen LogP contribution in [0.5, 0.6) is 0 Å². The van der Waals surface area contributed by atoms with Crippen LogP contribution in [-0.2, 0) is 25.5 Å². The quantitative estimate of drug-likeness (QED) is 0.602. The van der Waals surface area contributed by atoms with Crippen LogP contribution in [-0.4, -0.2) is 48.2 Å². The van der Waals surface area contributed by atoms with E-state index in [0.717, 1.165) is 5.56 Å². The second-order valence-corrected chi connectivity index (χ2v) is 4.68. The molecule has 2 amide bonds. The SMILES string of the molecule is CNC(=O)[C@H](Cc1ccccc1)NC(=O)[C@H]1O[C@@H]1C(=O)O. The summed E-state index contributed by atoms with van der Waals surface area (Å²) < 4.78 is 4.76. The molecule has 0 saturated carbocycles. The summed E-state index contributed by atoms with van der Waals surface area (Å²) >= 11 is 0. The average molecular weight is 292 g/mol. The fourth-order valence-electron chi connectivity index (χ4n) is 1.99. The van der Waals surface area contributed by atoms with Crippen molar-refractivity contribution < 1.29 is 24.2 Å². The van der Waals surface area contributed by atoms with Crippen LogP contribution in [0.15, 0.2) is 30.3 Å². The third kappa shape index (κ3) is 3.79. The second kappa shape index (κ2) is 6.36. The van der Waals surface area contributed by atoms with Gasteiger partial charge in [-0.3, -0.25) is 9.59 Å². The number of hydrogen-bond donors (Lipinski definition) is 3. The molecule has 2 rings (SSSR count). The molecule has 0 aliphatic carbocycles. The lowest BCUT2D eigenvalue weighted by Crippen LogP contribution is -2.48. The number of ether oxygens (including phenoxy) is 1. The highest BCUT2D eigenvalue weighted by atomic mass is 16.6. The lowest BCUT2D eigenvalue weighted by atomic mass is 10.0. The third-order valence-electron chi connectivity index (χ3n) is 3.16. The Morgan fingerprint density at radius 1 is 1.24 bits per heavy atom. The molecule has 1 aliphatic heterocycles. The molecule has 0 spiro atoms. The minimum absolute atomic E-state index is 0.316. The van der Waals surface area contributed by atoms with Gasteiger partial charge in [-0.2, -0.15) is 0 Å². The van der Waals surface area contributed by atoms with Crippen molar-refractivity contribution in [2.24, 2.45) is 0 Å². The van der Waals surface area contributed by atoms with Crippen molar-refractivity contribution in [2.75, 3.05) is 7.05 Å². The van der Waals surface area contributed by atoms with Gasteiger partial charge in [0.25, 0.3) is 5.91 Å². The van der Waals surface area contributed by atoms with Gasteiger partial charge in [0.05, 0.1) is 0 Å². The molecule has 1 aromatic rings. The number of carbonyl (C=O) groups excluding carboxylic acids is 2. The maximum atomic E-state index is 11.9. The average Bonchev–Trinajstić information content (AvgIpc) is 3.27. The summed E-state index contributed by atoms with van der Waals surface area (Å²) in [6.45, 7) is 0. The number of benzene rings is 1. The molecule has 7 heteroatoms. The van der Waals surface area contributed by atoms with Crippen LogP contribution < -0.4 is 10.6 Å². The summed E-state index contributed by atoms with van der Waals surface area (Å²) in [4.78, 5) is 34.3. The van der Waals surface area contributed by atoms with Gasteiger partial charge in [0, 0.05) is 13.5 Å². The molecule has 0 unspecified atom stereocenters. The molecule has 0 aromatic heterocycles. The molecule has 1 aromatic carbocycles. The van der Waals surface area contributed by atoms with Crippen molar-refractivity contribution in [3.05, 3.63) is 35.9 Å². The van der Waals surface area contributed by atoms with Gasteiger partial charge in [-0.1, -0.05) is 30.3 Å². The van der Waals surface area contributed by atoms with E-state index in [4.69, 9.17) is 9.84 Å². The van der Waals surface area contributed by atoms with Gasteiger partial charge in [-0.15, -0.1) is 0 Å². The maximum absolute atomic E-state index is 11.9. The van der Waals surface area contributed by atoms with Crippen LogP contribution >= 0.6 is 0 Å². The molecule has 7 nitrogen and oxygen atoms in total. The number of rotatable bonds is 6. The number of epoxide rings is 1. The molecule has 1 heterocycles. The number of aliphatic carboxylic acids is 1. The van der Waals surface area contributed by atoms with E-state index >= 15 is 0 Å². The van der Waals surface area contributed by atoms with E-state index in [9.17, 15) is 14.4 Å². The van der Waals surface area contributed by atoms with E-state index in [2.05, 4.69) is 10.6 Å². The van der Waals surface area contributed by atoms with Crippen LogP contribution in [0.3, 0.4) is 0 Å². The molecule has 3 atom stereocenters. The van der Waals surface area contributed by atoms with Crippen LogP contribution in [0.25, 0.3) is 0 Å². The third-order valence-corrected chi connectivity index (χ3v) is 3.16. The zero-order chi connectivity index (χ0) is 15.4. The molecular formula is C14H16N2O5. The summed E-state index contributed by atoms with van der Waals surface area (Å²) in [7, 11) is 1.47. The van der Waals surface area contributed by atoms with Crippen LogP contribution in [0.1, 0.15) is 5.56 Å². The highest BCUT2D eigenvalue weighted by Gasteiger charge is 2.51. The molecule has 21 heavy (non-hydrogen) atoms. The van der Waals surface area contributed by atoms with E-state index < -0.39 is 30.1 Å². The molecular weight excluding hydrogens is 276 g/mol. The summed E-state index contributed by atoms with van der Waals surface area (Å²) in [6.07, 6.45) is -1.83. The molecule has 1 aliphatic rings. The van der Waals surface area contributed by atoms with E-state index in [0.29, 0.717) is 6.42 Å². The van der Waals surface area contributed by atoms with E-state index in [1.165, 1.54) is 7.05 Å². The Bertz CT molecular complexity index is 546. The number of hydrogen-bond acceptors (Lipinski definition) is 4.